The van der Waals surface area contributed by atoms with Crippen LogP contribution < -0.4 is 14.4 Å². The van der Waals surface area contributed by atoms with Gasteiger partial charge in [-0.15, -0.1) is 0 Å². The molecule has 11 heteroatoms. The van der Waals surface area contributed by atoms with Gasteiger partial charge in [0.05, 0.1) is 30.2 Å². The molecule has 0 radical (unpaired) electrons. The number of rotatable bonds is 3. The van der Waals surface area contributed by atoms with Crippen LogP contribution in [0.4, 0.5) is 5.69 Å². The Hall–Kier alpha value is -2.37. The molecule has 3 aliphatic heterocycles. The Morgan fingerprint density at radius 2 is 1.73 bits per heavy atom. The van der Waals surface area contributed by atoms with E-state index in [0.717, 1.165) is 80.7 Å². The van der Waals surface area contributed by atoms with Crippen molar-refractivity contribution >= 4 is 33.2 Å². The smallest absolute Gasteiger partial charge is 0.264 e. The fraction of sp³-hybridized carbons (Fsp3) is 0.649. The molecule has 9 nitrogen and oxygen atoms in total. The van der Waals surface area contributed by atoms with Crippen LogP contribution >= 0.6 is 11.6 Å². The number of hydrogen-bond acceptors (Lipinski definition) is 8. The Bertz CT molecular complexity index is 1530. The van der Waals surface area contributed by atoms with E-state index in [1.165, 1.54) is 5.56 Å². The highest BCUT2D eigenvalue weighted by molar-refractivity contribution is 7.90. The monoisotopic (exact) mass is 701 g/mol. The first-order valence-electron chi connectivity index (χ1n) is 17.9. The minimum absolute atomic E-state index is 0.237. The fourth-order valence-corrected chi connectivity index (χ4v) is 9.61. The molecule has 2 aromatic carbocycles. The first-order valence-corrected chi connectivity index (χ1v) is 19.8. The number of carbonyl (C=O) groups is 1. The molecule has 4 atom stereocenters. The van der Waals surface area contributed by atoms with Crippen LogP contribution in [0.25, 0.3) is 0 Å². The number of sulfonamides is 1. The summed E-state index contributed by atoms with van der Waals surface area (Å²) in [4.78, 5) is 18.0. The van der Waals surface area contributed by atoms with Crippen molar-refractivity contribution in [1.29, 1.82) is 0 Å². The van der Waals surface area contributed by atoms with Crippen LogP contribution in [0.1, 0.15) is 86.2 Å². The van der Waals surface area contributed by atoms with Gasteiger partial charge in [0.15, 0.2) is 6.29 Å². The third-order valence-corrected chi connectivity index (χ3v) is 13.3. The molecule has 0 spiro atoms. The van der Waals surface area contributed by atoms with Gasteiger partial charge in [-0.05, 0) is 119 Å². The highest BCUT2D eigenvalue weighted by atomic mass is 35.5. The summed E-state index contributed by atoms with van der Waals surface area (Å²) in [7, 11) is 0.252. The van der Waals surface area contributed by atoms with Gasteiger partial charge in [0.25, 0.3) is 5.91 Å². The zero-order valence-corrected chi connectivity index (χ0v) is 30.2. The van der Waals surface area contributed by atoms with Crippen molar-refractivity contribution in [2.24, 2.45) is 17.8 Å². The van der Waals surface area contributed by atoms with Crippen molar-refractivity contribution in [1.82, 2.24) is 9.62 Å². The molecule has 1 saturated carbocycles. The maximum atomic E-state index is 13.5. The lowest BCUT2D eigenvalue weighted by molar-refractivity contribution is -0.240. The number of fused-ring (bicyclic) bond motifs is 3. The van der Waals surface area contributed by atoms with Gasteiger partial charge < -0.3 is 24.0 Å². The van der Waals surface area contributed by atoms with E-state index < -0.39 is 21.2 Å². The molecule has 2 bridgehead atoms. The minimum Gasteiger partial charge on any atom is -0.487 e. The third-order valence-electron chi connectivity index (χ3n) is 11.1. The standard InChI is InChI=1S/C37H52ClN3O6S/c1-4-31-10-5-6-11-33(37-46-23-30(24-47-37)40(2)3)32-16-13-27(32)21-41-18-8-7-9-25-19-29(38)15-12-28(25)22-45-35-17-14-26(20-34(35)41)36(42)39-48(31,43)44/h12,14-15,17,19-20,27,30-33,37H,4-11,13,16,18,21-24H2,1-3H3,(H,39,42)/t27-,30-,31+,32+,33-,37+/m0/s1. The average molecular weight is 702 g/mol. The maximum absolute atomic E-state index is 13.5. The lowest BCUT2D eigenvalue weighted by atomic mass is 9.65. The Morgan fingerprint density at radius 1 is 0.938 bits per heavy atom. The first-order chi connectivity index (χ1) is 23.1. The van der Waals surface area contributed by atoms with Gasteiger partial charge in [-0.3, -0.25) is 4.79 Å². The van der Waals surface area contributed by atoms with Gasteiger partial charge in [0.1, 0.15) is 12.4 Å². The number of nitrogens with one attached hydrogen (secondary N) is 1. The molecule has 6 rings (SSSR count). The fourth-order valence-electron chi connectivity index (χ4n) is 7.96. The summed E-state index contributed by atoms with van der Waals surface area (Å²) in [6.07, 6.45) is 8.37. The molecule has 264 valence electrons. The summed E-state index contributed by atoms with van der Waals surface area (Å²) >= 11 is 6.37. The normalized spacial score (nSPS) is 30.1. The highest BCUT2D eigenvalue weighted by Crippen LogP contribution is 2.46. The number of anilines is 1. The van der Waals surface area contributed by atoms with Crippen LogP contribution in [0.2, 0.25) is 5.02 Å². The number of aryl methyl sites for hydroxylation is 1. The molecule has 0 aromatic heterocycles. The molecule has 3 heterocycles. The number of halogens is 1. The minimum atomic E-state index is -3.86. The predicted molar refractivity (Wildman–Crippen MR) is 189 cm³/mol. The summed E-state index contributed by atoms with van der Waals surface area (Å²) in [5, 5.41) is 0.0836. The van der Waals surface area contributed by atoms with Crippen molar-refractivity contribution in [2.45, 2.75) is 95.3 Å². The average Bonchev–Trinajstić information content (AvgIpc) is 3.08. The lowest BCUT2D eigenvalue weighted by Crippen LogP contribution is -2.50. The van der Waals surface area contributed by atoms with Crippen LogP contribution in [0.15, 0.2) is 36.4 Å². The van der Waals surface area contributed by atoms with Gasteiger partial charge in [-0.2, -0.15) is 0 Å². The molecule has 0 unspecified atom stereocenters. The second-order valence-electron chi connectivity index (χ2n) is 14.4. The van der Waals surface area contributed by atoms with E-state index in [9.17, 15) is 13.2 Å². The molecular formula is C37H52ClN3O6S. The van der Waals surface area contributed by atoms with Crippen LogP contribution in [-0.4, -0.2) is 77.2 Å². The van der Waals surface area contributed by atoms with Gasteiger partial charge in [0, 0.05) is 29.6 Å². The number of likely N-dealkylation sites (N-methyl/N-ethyl adjacent to an activating group) is 1. The highest BCUT2D eigenvalue weighted by Gasteiger charge is 2.43. The summed E-state index contributed by atoms with van der Waals surface area (Å²) in [6.45, 7) is 5.17. The zero-order valence-electron chi connectivity index (χ0n) is 28.7. The van der Waals surface area contributed by atoms with Crippen LogP contribution in [0.5, 0.6) is 5.75 Å². The van der Waals surface area contributed by atoms with Gasteiger partial charge >= 0.3 is 0 Å². The Balaban J connectivity index is 1.34. The number of hydrogen-bond donors (Lipinski definition) is 1. The molecule has 4 aliphatic rings. The molecule has 1 amide bonds. The van der Waals surface area contributed by atoms with Crippen molar-refractivity contribution in [3.63, 3.8) is 0 Å². The predicted octanol–water partition coefficient (Wildman–Crippen LogP) is 6.42. The number of ether oxygens (including phenoxy) is 3. The van der Waals surface area contributed by atoms with Gasteiger partial charge in [-0.1, -0.05) is 37.4 Å². The molecule has 48 heavy (non-hydrogen) atoms. The van der Waals surface area contributed by atoms with E-state index in [-0.39, 0.29) is 18.2 Å². The Labute approximate surface area is 291 Å². The first kappa shape index (κ1) is 35.5. The van der Waals surface area contributed by atoms with E-state index in [4.69, 9.17) is 25.8 Å². The number of benzene rings is 2. The van der Waals surface area contributed by atoms with Crippen molar-refractivity contribution < 1.29 is 27.4 Å². The molecule has 2 fully saturated rings. The Kier molecular flexibility index (Phi) is 11.6. The van der Waals surface area contributed by atoms with Crippen LogP contribution in [0.3, 0.4) is 0 Å². The number of amides is 1. The molecule has 1 N–H and O–H groups in total. The topological polar surface area (TPSA) is 97.4 Å². The van der Waals surface area contributed by atoms with Gasteiger partial charge in [-0.25, -0.2) is 13.1 Å². The maximum Gasteiger partial charge on any atom is 0.264 e. The van der Waals surface area contributed by atoms with Crippen LogP contribution in [0, 0.1) is 17.8 Å². The summed E-state index contributed by atoms with van der Waals surface area (Å²) in [5.41, 5.74) is 3.44. The Morgan fingerprint density at radius 3 is 2.46 bits per heavy atom. The molecule has 1 aliphatic carbocycles. The van der Waals surface area contributed by atoms with E-state index in [1.54, 1.807) is 6.07 Å². The number of nitrogens with zero attached hydrogens (tertiary/aromatic N) is 2. The molecule has 1 saturated heterocycles. The second-order valence-corrected chi connectivity index (χ2v) is 16.8. The van der Waals surface area contributed by atoms with Crippen LogP contribution in [-0.2, 0) is 32.5 Å². The van der Waals surface area contributed by atoms with E-state index in [2.05, 4.69) is 28.6 Å². The second kappa shape index (κ2) is 15.7. The van der Waals surface area contributed by atoms with E-state index in [1.807, 2.05) is 37.3 Å². The quantitative estimate of drug-likeness (QED) is 0.392. The third kappa shape index (κ3) is 8.15. The van der Waals surface area contributed by atoms with Crippen molar-refractivity contribution in [3.8, 4) is 5.75 Å². The van der Waals surface area contributed by atoms with Gasteiger partial charge in [0.2, 0.25) is 10.0 Å². The summed E-state index contributed by atoms with van der Waals surface area (Å²) < 4.78 is 48.7. The SMILES string of the molecule is CC[C@@H]1CCCC[C@H]([C@H]2OC[C@@H](N(C)C)CO2)[C@@H]2CC[C@H]2CN2CCCCc3cc(Cl)ccc3COc3ccc(cc32)C(=O)NS1(=O)=O. The van der Waals surface area contributed by atoms with E-state index >= 15 is 0 Å². The largest absolute Gasteiger partial charge is 0.487 e. The van der Waals surface area contributed by atoms with E-state index in [0.29, 0.717) is 55.8 Å². The van der Waals surface area contributed by atoms with Crippen molar-refractivity contribution in [2.75, 3.05) is 45.3 Å². The molecular weight excluding hydrogens is 650 g/mol. The molecule has 2 aromatic rings. The van der Waals surface area contributed by atoms with Crippen molar-refractivity contribution in [3.05, 3.63) is 58.1 Å². The lowest BCUT2D eigenvalue weighted by Gasteiger charge is -2.48. The number of carbonyl (C=O) groups excluding carboxylic acids is 1. The summed E-state index contributed by atoms with van der Waals surface area (Å²) in [6, 6.07) is 11.5. The summed E-state index contributed by atoms with van der Waals surface area (Å²) in [5.74, 6) is 1.20. The zero-order chi connectivity index (χ0) is 33.8.